The van der Waals surface area contributed by atoms with Crippen molar-refractivity contribution in [2.24, 2.45) is 0 Å². The van der Waals surface area contributed by atoms with Crippen molar-refractivity contribution in [2.75, 3.05) is 0 Å². The van der Waals surface area contributed by atoms with Gasteiger partial charge in [0.15, 0.2) is 0 Å². The summed E-state index contributed by atoms with van der Waals surface area (Å²) in [7, 11) is 0. The normalized spacial score (nSPS) is 13.9. The molecule has 0 fully saturated rings. The maximum absolute atomic E-state index is 12.0. The number of allylic oxidation sites excluding steroid dienone is 2. The molecule has 0 saturated carbocycles. The number of hydrogen-bond acceptors (Lipinski definition) is 2. The molecule has 0 aromatic heterocycles. The van der Waals surface area contributed by atoms with Crippen LogP contribution in [-0.4, -0.2) is 27.0 Å². The summed E-state index contributed by atoms with van der Waals surface area (Å²) >= 11 is 0.201. The molecule has 0 radical (unpaired) electrons. The molecule has 0 bridgehead atoms. The third-order valence-electron chi connectivity index (χ3n) is 6.95. The number of benzene rings is 2. The molecule has 1 unspecified atom stereocenters. The number of rotatable bonds is 10. The molecule has 2 aromatic rings. The number of esters is 1. The third kappa shape index (κ3) is 10.4. The number of aryl methyl sites for hydroxylation is 1. The molecule has 1 atom stereocenters. The fraction of sp³-hybridized carbons (Fsp3) is 0.571. The van der Waals surface area contributed by atoms with Crippen molar-refractivity contribution in [3.05, 3.63) is 76.4 Å². The molecule has 2 aromatic carbocycles. The minimum atomic E-state index is -0.174. The Labute approximate surface area is 240 Å². The standard InChI is InChI=1S/C35H52O2Se/c1-25(16-15-19-27-17-13-12-14-18-27)20-21-29(37-26(2)36)24-38-32-30(34(6,7)8)22-28(33(3,4)5)23-31(32)35(9,10)11/h12-14,16-18,22-23,29H,15,19-21,24H2,1-11H3/b25-16-. The average molecular weight is 584 g/mol. The summed E-state index contributed by atoms with van der Waals surface area (Å²) in [5.74, 6) is -0.174. The van der Waals surface area contributed by atoms with Crippen LogP contribution in [0.5, 0.6) is 0 Å². The fourth-order valence-electron chi connectivity index (χ4n) is 4.54. The van der Waals surface area contributed by atoms with E-state index in [4.69, 9.17) is 4.74 Å². The third-order valence-corrected chi connectivity index (χ3v) is 9.60. The maximum atomic E-state index is 12.0. The Morgan fingerprint density at radius 2 is 1.42 bits per heavy atom. The summed E-state index contributed by atoms with van der Waals surface area (Å²) in [4.78, 5) is 12.0. The van der Waals surface area contributed by atoms with E-state index in [1.54, 1.807) is 6.92 Å². The van der Waals surface area contributed by atoms with Crippen LogP contribution in [0.1, 0.15) is 118 Å². The Hall–Kier alpha value is -1.83. The van der Waals surface area contributed by atoms with Gasteiger partial charge in [-0.1, -0.05) is 0 Å². The fourth-order valence-corrected chi connectivity index (χ4v) is 7.96. The molecule has 210 valence electrons. The van der Waals surface area contributed by atoms with Gasteiger partial charge in [0.05, 0.1) is 0 Å². The summed E-state index contributed by atoms with van der Waals surface area (Å²) in [6, 6.07) is 15.5. The van der Waals surface area contributed by atoms with E-state index in [2.05, 4.69) is 118 Å². The zero-order chi connectivity index (χ0) is 28.7. The molecule has 0 N–H and O–H groups in total. The van der Waals surface area contributed by atoms with Crippen molar-refractivity contribution in [3.8, 4) is 0 Å². The second-order valence-electron chi connectivity index (χ2n) is 13.8. The molecule has 0 aliphatic heterocycles. The predicted octanol–water partition coefficient (Wildman–Crippen LogP) is 8.62. The summed E-state index contributed by atoms with van der Waals surface area (Å²) in [6.07, 6.45) is 6.25. The number of carbonyl (C=O) groups excluding carboxylic acids is 1. The van der Waals surface area contributed by atoms with E-state index in [9.17, 15) is 4.79 Å². The van der Waals surface area contributed by atoms with Crippen LogP contribution in [0.3, 0.4) is 0 Å². The molecular formula is C35H52O2Se. The van der Waals surface area contributed by atoms with Gasteiger partial charge in [0.1, 0.15) is 0 Å². The van der Waals surface area contributed by atoms with Crippen LogP contribution in [0.2, 0.25) is 5.32 Å². The SMILES string of the molecule is CC(=O)OC(CC/C(C)=C\CCc1ccccc1)C[Se]c1c(C(C)(C)C)cc(C(C)(C)C)cc1C(C)(C)C. The van der Waals surface area contributed by atoms with Crippen molar-refractivity contribution in [2.45, 2.75) is 130 Å². The zero-order valence-electron chi connectivity index (χ0n) is 26.0. The van der Waals surface area contributed by atoms with Crippen LogP contribution in [0.4, 0.5) is 0 Å². The minimum absolute atomic E-state index is 0.0482. The Morgan fingerprint density at radius 1 is 0.868 bits per heavy atom. The molecule has 0 saturated heterocycles. The van der Waals surface area contributed by atoms with Gasteiger partial charge in [-0.3, -0.25) is 0 Å². The van der Waals surface area contributed by atoms with Crippen LogP contribution in [0.15, 0.2) is 54.1 Å². The van der Waals surface area contributed by atoms with Gasteiger partial charge in [0, 0.05) is 0 Å². The van der Waals surface area contributed by atoms with E-state index in [-0.39, 0.29) is 43.3 Å². The van der Waals surface area contributed by atoms with Crippen molar-refractivity contribution >= 4 is 25.4 Å². The van der Waals surface area contributed by atoms with Crippen LogP contribution in [-0.2, 0) is 32.2 Å². The first-order valence-corrected chi connectivity index (χ1v) is 16.2. The summed E-state index contributed by atoms with van der Waals surface area (Å²) in [5, 5.41) is 0.908. The molecule has 0 heterocycles. The first kappa shape index (κ1) is 32.4. The molecule has 2 nitrogen and oxygen atoms in total. The summed E-state index contributed by atoms with van der Waals surface area (Å²) in [5.41, 5.74) is 7.25. The number of hydrogen-bond donors (Lipinski definition) is 0. The Balaban J connectivity index is 2.24. The van der Waals surface area contributed by atoms with Crippen molar-refractivity contribution < 1.29 is 9.53 Å². The molecule has 0 aliphatic carbocycles. The van der Waals surface area contributed by atoms with Crippen molar-refractivity contribution in [1.82, 2.24) is 0 Å². The molecular weight excluding hydrogens is 531 g/mol. The van der Waals surface area contributed by atoms with E-state index >= 15 is 0 Å². The Kier molecular flexibility index (Phi) is 11.5. The van der Waals surface area contributed by atoms with Crippen molar-refractivity contribution in [1.29, 1.82) is 0 Å². The Morgan fingerprint density at radius 3 is 1.89 bits per heavy atom. The van der Waals surface area contributed by atoms with E-state index in [0.29, 0.717) is 0 Å². The number of ether oxygens (including phenoxy) is 1. The first-order chi connectivity index (χ1) is 17.5. The summed E-state index contributed by atoms with van der Waals surface area (Å²) < 4.78 is 7.37. The summed E-state index contributed by atoms with van der Waals surface area (Å²) in [6.45, 7) is 24.6. The molecule has 38 heavy (non-hydrogen) atoms. The second kappa shape index (κ2) is 13.5. The van der Waals surface area contributed by atoms with Gasteiger partial charge < -0.3 is 0 Å². The first-order valence-electron chi connectivity index (χ1n) is 14.2. The van der Waals surface area contributed by atoms with Gasteiger partial charge in [-0.25, -0.2) is 0 Å². The monoisotopic (exact) mass is 584 g/mol. The molecule has 3 heteroatoms. The van der Waals surface area contributed by atoms with E-state index in [1.165, 1.54) is 32.3 Å². The molecule has 0 aliphatic rings. The van der Waals surface area contributed by atoms with Crippen molar-refractivity contribution in [3.63, 3.8) is 0 Å². The molecule has 0 amide bonds. The van der Waals surface area contributed by atoms with E-state index in [0.717, 1.165) is 31.0 Å². The van der Waals surface area contributed by atoms with Gasteiger partial charge in [-0.15, -0.1) is 0 Å². The predicted molar refractivity (Wildman–Crippen MR) is 166 cm³/mol. The molecule has 2 rings (SSSR count). The van der Waals surface area contributed by atoms with Gasteiger partial charge in [-0.2, -0.15) is 0 Å². The average Bonchev–Trinajstić information content (AvgIpc) is 2.79. The van der Waals surface area contributed by atoms with Gasteiger partial charge in [0.25, 0.3) is 0 Å². The molecule has 0 spiro atoms. The van der Waals surface area contributed by atoms with Crippen LogP contribution < -0.4 is 4.46 Å². The van der Waals surface area contributed by atoms with E-state index < -0.39 is 0 Å². The van der Waals surface area contributed by atoms with Crippen LogP contribution >= 0.6 is 0 Å². The van der Waals surface area contributed by atoms with Crippen LogP contribution in [0, 0.1) is 0 Å². The second-order valence-corrected chi connectivity index (χ2v) is 16.0. The van der Waals surface area contributed by atoms with E-state index in [1.807, 2.05) is 0 Å². The van der Waals surface area contributed by atoms with Gasteiger partial charge in [0.2, 0.25) is 0 Å². The Bertz CT molecular complexity index is 1040. The quantitative estimate of drug-likeness (QED) is 0.159. The zero-order valence-corrected chi connectivity index (χ0v) is 27.7. The number of carbonyl (C=O) groups is 1. The van der Waals surface area contributed by atoms with Crippen LogP contribution in [0.25, 0.3) is 0 Å². The topological polar surface area (TPSA) is 26.3 Å². The van der Waals surface area contributed by atoms with Gasteiger partial charge in [-0.05, 0) is 0 Å². The van der Waals surface area contributed by atoms with Gasteiger partial charge >= 0.3 is 241 Å².